The highest BCUT2D eigenvalue weighted by molar-refractivity contribution is 6.04. The summed E-state index contributed by atoms with van der Waals surface area (Å²) in [5.74, 6) is -0.106. The van der Waals surface area contributed by atoms with Gasteiger partial charge in [0.2, 0.25) is 5.91 Å². The van der Waals surface area contributed by atoms with Crippen molar-refractivity contribution in [3.8, 4) is 5.75 Å². The number of hydrogen-bond acceptors (Lipinski definition) is 5. The van der Waals surface area contributed by atoms with Crippen LogP contribution in [0.1, 0.15) is 13.3 Å². The number of anilines is 2. The van der Waals surface area contributed by atoms with Crippen molar-refractivity contribution in [3.63, 3.8) is 0 Å². The fourth-order valence-electron chi connectivity index (χ4n) is 2.85. The summed E-state index contributed by atoms with van der Waals surface area (Å²) >= 11 is 0. The van der Waals surface area contributed by atoms with E-state index >= 15 is 0 Å². The maximum absolute atomic E-state index is 12.7. The highest BCUT2D eigenvalue weighted by Gasteiger charge is 2.29. The molecule has 8 heteroatoms. The van der Waals surface area contributed by atoms with Gasteiger partial charge in [0.1, 0.15) is 5.75 Å². The highest BCUT2D eigenvalue weighted by Crippen LogP contribution is 2.31. The van der Waals surface area contributed by atoms with Gasteiger partial charge >= 0.3 is 0 Å². The number of benzene rings is 2. The van der Waals surface area contributed by atoms with Crippen molar-refractivity contribution in [1.82, 2.24) is 0 Å². The van der Waals surface area contributed by atoms with Gasteiger partial charge in [-0.1, -0.05) is 12.1 Å². The molecular formula is C18H17N3O5. The third kappa shape index (κ3) is 3.64. The maximum Gasteiger partial charge on any atom is 0.269 e. The molecule has 1 aliphatic rings. The third-order valence-corrected chi connectivity index (χ3v) is 4.04. The average Bonchev–Trinajstić information content (AvgIpc) is 2.74. The van der Waals surface area contributed by atoms with E-state index in [9.17, 15) is 19.7 Å². The Labute approximate surface area is 149 Å². The van der Waals surface area contributed by atoms with E-state index in [4.69, 9.17) is 4.74 Å². The lowest BCUT2D eigenvalue weighted by molar-refractivity contribution is -0.384. The van der Waals surface area contributed by atoms with Crippen LogP contribution in [-0.2, 0) is 9.59 Å². The van der Waals surface area contributed by atoms with Crippen LogP contribution in [0.25, 0.3) is 0 Å². The zero-order valence-corrected chi connectivity index (χ0v) is 14.0. The Kier molecular flexibility index (Phi) is 4.83. The van der Waals surface area contributed by atoms with E-state index < -0.39 is 4.92 Å². The van der Waals surface area contributed by atoms with Crippen molar-refractivity contribution in [1.29, 1.82) is 0 Å². The predicted octanol–water partition coefficient (Wildman–Crippen LogP) is 2.74. The Morgan fingerprint density at radius 1 is 1.27 bits per heavy atom. The van der Waals surface area contributed by atoms with Gasteiger partial charge in [0, 0.05) is 24.6 Å². The van der Waals surface area contributed by atoms with Crippen molar-refractivity contribution < 1.29 is 19.2 Å². The van der Waals surface area contributed by atoms with Gasteiger partial charge in [-0.2, -0.15) is 0 Å². The summed E-state index contributed by atoms with van der Waals surface area (Å²) in [5, 5.41) is 13.5. The minimum Gasteiger partial charge on any atom is -0.484 e. The molecule has 1 N–H and O–H groups in total. The number of nitro benzene ring substituents is 1. The molecule has 1 aliphatic heterocycles. The van der Waals surface area contributed by atoms with E-state index in [0.29, 0.717) is 17.1 Å². The Hall–Kier alpha value is -3.42. The van der Waals surface area contributed by atoms with Crippen molar-refractivity contribution >= 4 is 28.9 Å². The topological polar surface area (TPSA) is 102 Å². The number of amides is 2. The minimum absolute atomic E-state index is 0.0525. The molecule has 0 unspecified atom stereocenters. The van der Waals surface area contributed by atoms with Crippen LogP contribution >= 0.6 is 0 Å². The van der Waals surface area contributed by atoms with Crippen molar-refractivity contribution in [2.24, 2.45) is 0 Å². The van der Waals surface area contributed by atoms with E-state index in [1.807, 2.05) is 0 Å². The zero-order chi connectivity index (χ0) is 18.7. The molecule has 2 aromatic carbocycles. The Bertz CT molecular complexity index is 850. The van der Waals surface area contributed by atoms with E-state index in [-0.39, 0.29) is 36.6 Å². The summed E-state index contributed by atoms with van der Waals surface area (Å²) in [6, 6.07) is 12.3. The second kappa shape index (κ2) is 7.22. The Balaban J connectivity index is 1.76. The quantitative estimate of drug-likeness (QED) is 0.671. The molecule has 0 saturated heterocycles. The molecule has 3 rings (SSSR count). The summed E-state index contributed by atoms with van der Waals surface area (Å²) in [6.45, 7) is 1.55. The molecule has 0 spiro atoms. The average molecular weight is 355 g/mol. The SMILES string of the molecule is C[C@@H]1CC(=O)Nc2ccccc2N1C(=O)COc1ccc([N+](=O)[O-])cc1. The predicted molar refractivity (Wildman–Crippen MR) is 95.2 cm³/mol. The Morgan fingerprint density at radius 2 is 1.96 bits per heavy atom. The first-order valence-electron chi connectivity index (χ1n) is 8.04. The van der Waals surface area contributed by atoms with Gasteiger partial charge in [0.25, 0.3) is 11.6 Å². The molecule has 1 atom stereocenters. The lowest BCUT2D eigenvalue weighted by Gasteiger charge is -2.27. The molecule has 134 valence electrons. The van der Waals surface area contributed by atoms with Gasteiger partial charge in [-0.25, -0.2) is 0 Å². The van der Waals surface area contributed by atoms with E-state index in [1.165, 1.54) is 24.3 Å². The van der Waals surface area contributed by atoms with Crippen molar-refractivity contribution in [3.05, 3.63) is 58.6 Å². The number of nitro groups is 1. The minimum atomic E-state index is -0.505. The summed E-state index contributed by atoms with van der Waals surface area (Å²) in [6.07, 6.45) is 0.179. The number of fused-ring (bicyclic) bond motifs is 1. The van der Waals surface area contributed by atoms with Gasteiger partial charge in [-0.05, 0) is 31.2 Å². The molecule has 26 heavy (non-hydrogen) atoms. The third-order valence-electron chi connectivity index (χ3n) is 4.04. The molecule has 0 aliphatic carbocycles. The molecule has 8 nitrogen and oxygen atoms in total. The molecule has 0 radical (unpaired) electrons. The fourth-order valence-corrected chi connectivity index (χ4v) is 2.85. The molecule has 0 saturated carbocycles. The molecule has 0 aromatic heterocycles. The second-order valence-electron chi connectivity index (χ2n) is 5.92. The first-order valence-corrected chi connectivity index (χ1v) is 8.04. The number of ether oxygens (including phenoxy) is 1. The number of nitrogens with zero attached hydrogens (tertiary/aromatic N) is 2. The summed E-state index contributed by atoms with van der Waals surface area (Å²) in [5.41, 5.74) is 1.14. The second-order valence-corrected chi connectivity index (χ2v) is 5.92. The largest absolute Gasteiger partial charge is 0.484 e. The van der Waals surface area contributed by atoms with Crippen LogP contribution in [0.5, 0.6) is 5.75 Å². The standard InChI is InChI=1S/C18H17N3O5/c1-12-10-17(22)19-15-4-2-3-5-16(15)20(12)18(23)11-26-14-8-6-13(7-9-14)21(24)25/h2-9,12H,10-11H2,1H3,(H,19,22)/t12-/m1/s1. The number of nitrogens with one attached hydrogen (secondary N) is 1. The van der Waals surface area contributed by atoms with Crippen LogP contribution in [-0.4, -0.2) is 29.4 Å². The van der Waals surface area contributed by atoms with Crippen LogP contribution in [0.4, 0.5) is 17.1 Å². The monoisotopic (exact) mass is 355 g/mol. The van der Waals surface area contributed by atoms with Crippen LogP contribution in [0.3, 0.4) is 0 Å². The van der Waals surface area contributed by atoms with Gasteiger partial charge in [-0.15, -0.1) is 0 Å². The van der Waals surface area contributed by atoms with Gasteiger partial charge in [0.05, 0.1) is 16.3 Å². The Morgan fingerprint density at radius 3 is 2.65 bits per heavy atom. The fraction of sp³-hybridized carbons (Fsp3) is 0.222. The first-order chi connectivity index (χ1) is 12.5. The highest BCUT2D eigenvalue weighted by atomic mass is 16.6. The van der Waals surface area contributed by atoms with Gasteiger partial charge in [0.15, 0.2) is 6.61 Å². The molecule has 2 aromatic rings. The summed E-state index contributed by atoms with van der Waals surface area (Å²) < 4.78 is 5.47. The van der Waals surface area contributed by atoms with Crippen LogP contribution in [0, 0.1) is 10.1 Å². The zero-order valence-electron chi connectivity index (χ0n) is 14.0. The molecule has 1 heterocycles. The number of rotatable bonds is 4. The maximum atomic E-state index is 12.7. The molecule has 0 bridgehead atoms. The van der Waals surface area contributed by atoms with Crippen molar-refractivity contribution in [2.75, 3.05) is 16.8 Å². The van der Waals surface area contributed by atoms with E-state index in [1.54, 1.807) is 36.1 Å². The smallest absolute Gasteiger partial charge is 0.269 e. The number of para-hydroxylation sites is 2. The first kappa shape index (κ1) is 17.4. The normalized spacial score (nSPS) is 16.3. The van der Waals surface area contributed by atoms with Crippen LogP contribution < -0.4 is 15.0 Å². The van der Waals surface area contributed by atoms with Crippen LogP contribution in [0.15, 0.2) is 48.5 Å². The number of carbonyl (C=O) groups is 2. The van der Waals surface area contributed by atoms with E-state index in [0.717, 1.165) is 0 Å². The molecule has 2 amide bonds. The lowest BCUT2D eigenvalue weighted by Crippen LogP contribution is -2.41. The summed E-state index contributed by atoms with van der Waals surface area (Å²) in [4.78, 5) is 36.4. The number of non-ortho nitro benzene ring substituents is 1. The van der Waals surface area contributed by atoms with Crippen LogP contribution in [0.2, 0.25) is 0 Å². The summed E-state index contributed by atoms with van der Waals surface area (Å²) in [7, 11) is 0. The number of carbonyl (C=O) groups excluding carboxylic acids is 2. The number of hydrogen-bond donors (Lipinski definition) is 1. The van der Waals surface area contributed by atoms with Crippen molar-refractivity contribution in [2.45, 2.75) is 19.4 Å². The molecule has 0 fully saturated rings. The van der Waals surface area contributed by atoms with Gasteiger partial charge in [-0.3, -0.25) is 19.7 Å². The van der Waals surface area contributed by atoms with Gasteiger partial charge < -0.3 is 15.0 Å². The lowest BCUT2D eigenvalue weighted by atomic mass is 10.1. The molecular weight excluding hydrogens is 338 g/mol. The van der Waals surface area contributed by atoms with E-state index in [2.05, 4.69) is 5.32 Å².